The van der Waals surface area contributed by atoms with Gasteiger partial charge in [0.05, 0.1) is 18.8 Å². The molecule has 27 heavy (non-hydrogen) atoms. The Bertz CT molecular complexity index is 919. The molecule has 142 valence electrons. The average Bonchev–Trinajstić information content (AvgIpc) is 3.28. The first-order valence-corrected chi connectivity index (χ1v) is 9.68. The van der Waals surface area contributed by atoms with Crippen LogP contribution in [0.4, 0.5) is 4.39 Å². The molecular formula is C22H26FN3O. The third-order valence-electron chi connectivity index (χ3n) is 5.66. The Morgan fingerprint density at radius 3 is 2.81 bits per heavy atom. The summed E-state index contributed by atoms with van der Waals surface area (Å²) in [6.45, 7) is 5.24. The van der Waals surface area contributed by atoms with E-state index in [1.807, 2.05) is 24.4 Å². The van der Waals surface area contributed by atoms with Crippen molar-refractivity contribution in [3.63, 3.8) is 0 Å². The number of pyridine rings is 1. The number of aromatic nitrogens is 2. The standard InChI is InChI=1S/C22H26FN3O/c1-3-25-10-4-5-19(25)11-17-15-26(14-16-6-8-18(23)9-7-16)21-13-24-22(27-2)12-20(17)21/h6-9,12-13,15,19H,3-5,10-11,14H2,1-2H3. The molecule has 4 rings (SSSR count). The van der Waals surface area contributed by atoms with Gasteiger partial charge in [0, 0.05) is 30.2 Å². The van der Waals surface area contributed by atoms with E-state index in [0.29, 0.717) is 18.5 Å². The molecule has 1 atom stereocenters. The van der Waals surface area contributed by atoms with E-state index in [9.17, 15) is 4.39 Å². The molecule has 0 radical (unpaired) electrons. The minimum absolute atomic E-state index is 0.205. The molecular weight excluding hydrogens is 341 g/mol. The zero-order valence-corrected chi connectivity index (χ0v) is 16.0. The Balaban J connectivity index is 1.70. The number of likely N-dealkylation sites (tertiary alicyclic amines) is 1. The van der Waals surface area contributed by atoms with Crippen molar-refractivity contribution in [1.29, 1.82) is 0 Å². The van der Waals surface area contributed by atoms with Crippen molar-refractivity contribution >= 4 is 10.9 Å². The first-order chi connectivity index (χ1) is 13.2. The van der Waals surface area contributed by atoms with Crippen molar-refractivity contribution in [2.45, 2.75) is 38.8 Å². The Hall–Kier alpha value is -2.40. The number of rotatable bonds is 6. The van der Waals surface area contributed by atoms with Crippen LogP contribution >= 0.6 is 0 Å². The van der Waals surface area contributed by atoms with E-state index in [-0.39, 0.29) is 5.82 Å². The number of benzene rings is 1. The number of methoxy groups -OCH3 is 1. The highest BCUT2D eigenvalue weighted by molar-refractivity contribution is 5.84. The summed E-state index contributed by atoms with van der Waals surface area (Å²) in [7, 11) is 1.65. The van der Waals surface area contributed by atoms with Crippen LogP contribution in [-0.4, -0.2) is 40.7 Å². The zero-order valence-electron chi connectivity index (χ0n) is 16.0. The number of ether oxygens (including phenoxy) is 1. The highest BCUT2D eigenvalue weighted by atomic mass is 19.1. The molecule has 0 aliphatic carbocycles. The van der Waals surface area contributed by atoms with Gasteiger partial charge in [0.25, 0.3) is 0 Å². The second-order valence-electron chi connectivity index (χ2n) is 7.28. The molecule has 1 unspecified atom stereocenters. The van der Waals surface area contributed by atoms with Gasteiger partial charge in [0.2, 0.25) is 5.88 Å². The molecule has 3 heterocycles. The summed E-state index contributed by atoms with van der Waals surface area (Å²) in [5.74, 6) is 0.436. The molecule has 1 aliphatic heterocycles. The Kier molecular flexibility index (Phi) is 5.12. The number of hydrogen-bond acceptors (Lipinski definition) is 3. The summed E-state index contributed by atoms with van der Waals surface area (Å²) < 4.78 is 20.8. The topological polar surface area (TPSA) is 30.3 Å². The molecule has 0 spiro atoms. The third kappa shape index (κ3) is 3.69. The SMILES string of the molecule is CCN1CCCC1Cc1cn(Cc2ccc(F)cc2)c2cnc(OC)cc12. The zero-order chi connectivity index (χ0) is 18.8. The van der Waals surface area contributed by atoms with Crippen LogP contribution in [0.3, 0.4) is 0 Å². The quantitative estimate of drug-likeness (QED) is 0.652. The molecule has 3 aromatic rings. The fraction of sp³-hybridized carbons (Fsp3) is 0.409. The minimum Gasteiger partial charge on any atom is -0.481 e. The Morgan fingerprint density at radius 2 is 2.07 bits per heavy atom. The fourth-order valence-electron chi connectivity index (χ4n) is 4.23. The van der Waals surface area contributed by atoms with Gasteiger partial charge in [0.1, 0.15) is 5.82 Å². The Labute approximate surface area is 159 Å². The van der Waals surface area contributed by atoms with E-state index < -0.39 is 0 Å². The third-order valence-corrected chi connectivity index (χ3v) is 5.66. The predicted molar refractivity (Wildman–Crippen MR) is 106 cm³/mol. The maximum absolute atomic E-state index is 13.2. The van der Waals surface area contributed by atoms with Crippen LogP contribution in [0.2, 0.25) is 0 Å². The second-order valence-corrected chi connectivity index (χ2v) is 7.28. The van der Waals surface area contributed by atoms with Crippen molar-refractivity contribution in [3.05, 3.63) is 59.7 Å². The van der Waals surface area contributed by atoms with Crippen LogP contribution in [0.15, 0.2) is 42.7 Å². The van der Waals surface area contributed by atoms with E-state index >= 15 is 0 Å². The van der Waals surface area contributed by atoms with Gasteiger partial charge in [-0.2, -0.15) is 0 Å². The minimum atomic E-state index is -0.205. The van der Waals surface area contributed by atoms with Gasteiger partial charge in [-0.05, 0) is 55.6 Å². The fourth-order valence-corrected chi connectivity index (χ4v) is 4.23. The van der Waals surface area contributed by atoms with E-state index in [4.69, 9.17) is 4.74 Å². The molecule has 5 heteroatoms. The summed E-state index contributed by atoms with van der Waals surface area (Å²) in [6.07, 6.45) is 7.68. The first kappa shape index (κ1) is 18.0. The van der Waals surface area contributed by atoms with Crippen molar-refractivity contribution < 1.29 is 9.13 Å². The van der Waals surface area contributed by atoms with Crippen LogP contribution in [0.25, 0.3) is 10.9 Å². The summed E-state index contributed by atoms with van der Waals surface area (Å²) in [5.41, 5.74) is 3.50. The average molecular weight is 367 g/mol. The second kappa shape index (κ2) is 7.69. The maximum atomic E-state index is 13.2. The number of hydrogen-bond donors (Lipinski definition) is 0. The van der Waals surface area contributed by atoms with E-state index in [1.165, 1.54) is 42.5 Å². The van der Waals surface area contributed by atoms with Gasteiger partial charge in [0.15, 0.2) is 0 Å². The molecule has 4 nitrogen and oxygen atoms in total. The van der Waals surface area contributed by atoms with Crippen LogP contribution in [0.1, 0.15) is 30.9 Å². The van der Waals surface area contributed by atoms with Gasteiger partial charge < -0.3 is 14.2 Å². The van der Waals surface area contributed by atoms with E-state index in [1.54, 1.807) is 7.11 Å². The lowest BCUT2D eigenvalue weighted by Crippen LogP contribution is -2.30. The first-order valence-electron chi connectivity index (χ1n) is 9.68. The predicted octanol–water partition coefficient (Wildman–Crippen LogP) is 4.26. The smallest absolute Gasteiger partial charge is 0.213 e. The van der Waals surface area contributed by atoms with E-state index in [2.05, 4.69) is 27.6 Å². The molecule has 2 aromatic heterocycles. The van der Waals surface area contributed by atoms with Crippen LogP contribution in [0, 0.1) is 5.82 Å². The van der Waals surface area contributed by atoms with Gasteiger partial charge in [-0.1, -0.05) is 19.1 Å². The number of halogens is 1. The molecule has 1 aliphatic rings. The highest BCUT2D eigenvalue weighted by Crippen LogP contribution is 2.29. The summed E-state index contributed by atoms with van der Waals surface area (Å²) in [6, 6.07) is 9.35. The summed E-state index contributed by atoms with van der Waals surface area (Å²) in [4.78, 5) is 6.98. The largest absolute Gasteiger partial charge is 0.481 e. The normalized spacial score (nSPS) is 17.7. The van der Waals surface area contributed by atoms with Gasteiger partial charge in [-0.15, -0.1) is 0 Å². The summed E-state index contributed by atoms with van der Waals surface area (Å²) in [5, 5.41) is 1.20. The highest BCUT2D eigenvalue weighted by Gasteiger charge is 2.24. The number of nitrogens with zero attached hydrogens (tertiary/aromatic N) is 3. The van der Waals surface area contributed by atoms with E-state index in [0.717, 1.165) is 24.0 Å². The van der Waals surface area contributed by atoms with Crippen LogP contribution in [-0.2, 0) is 13.0 Å². The number of likely N-dealkylation sites (N-methyl/N-ethyl adjacent to an activating group) is 1. The number of fused-ring (bicyclic) bond motifs is 1. The maximum Gasteiger partial charge on any atom is 0.213 e. The van der Waals surface area contributed by atoms with Gasteiger partial charge >= 0.3 is 0 Å². The van der Waals surface area contributed by atoms with Crippen molar-refractivity contribution in [1.82, 2.24) is 14.5 Å². The Morgan fingerprint density at radius 1 is 1.26 bits per heavy atom. The van der Waals surface area contributed by atoms with Gasteiger partial charge in [-0.3, -0.25) is 0 Å². The monoisotopic (exact) mass is 367 g/mol. The molecule has 0 N–H and O–H groups in total. The molecule has 1 saturated heterocycles. The summed E-state index contributed by atoms with van der Waals surface area (Å²) >= 11 is 0. The van der Waals surface area contributed by atoms with Crippen LogP contribution in [0.5, 0.6) is 5.88 Å². The van der Waals surface area contributed by atoms with Crippen molar-refractivity contribution in [2.75, 3.05) is 20.2 Å². The van der Waals surface area contributed by atoms with Crippen molar-refractivity contribution in [2.24, 2.45) is 0 Å². The lowest BCUT2D eigenvalue weighted by molar-refractivity contribution is 0.266. The van der Waals surface area contributed by atoms with Crippen molar-refractivity contribution in [3.8, 4) is 5.88 Å². The molecule has 0 bridgehead atoms. The molecule has 1 fully saturated rings. The van der Waals surface area contributed by atoms with Gasteiger partial charge in [-0.25, -0.2) is 9.37 Å². The molecule has 0 saturated carbocycles. The van der Waals surface area contributed by atoms with Crippen LogP contribution < -0.4 is 4.74 Å². The molecule has 0 amide bonds. The lowest BCUT2D eigenvalue weighted by Gasteiger charge is -2.22. The molecule has 1 aromatic carbocycles. The lowest BCUT2D eigenvalue weighted by atomic mass is 10.0.